The van der Waals surface area contributed by atoms with Gasteiger partial charge >= 0.3 is 0 Å². The number of halogens is 1. The van der Waals surface area contributed by atoms with E-state index in [1.807, 2.05) is 12.1 Å². The van der Waals surface area contributed by atoms with E-state index in [4.69, 9.17) is 9.15 Å². The zero-order valence-electron chi connectivity index (χ0n) is 8.41. The summed E-state index contributed by atoms with van der Waals surface area (Å²) in [6, 6.07) is 4.44. The quantitative estimate of drug-likeness (QED) is 0.917. The van der Waals surface area contributed by atoms with Crippen molar-refractivity contribution in [3.63, 3.8) is 0 Å². The minimum absolute atomic E-state index is 0.438. The highest BCUT2D eigenvalue weighted by Crippen LogP contribution is 2.34. The maximum absolute atomic E-state index is 5.78. The van der Waals surface area contributed by atoms with Crippen molar-refractivity contribution < 1.29 is 9.15 Å². The summed E-state index contributed by atoms with van der Waals surface area (Å²) in [6.07, 6.45) is 4.57. The number of nitrogens with one attached hydrogen (secondary N) is 1. The fourth-order valence-electron chi connectivity index (χ4n) is 2.53. The molecule has 0 aromatic carbocycles. The average Bonchev–Trinajstić information content (AvgIpc) is 2.90. The topological polar surface area (TPSA) is 34.4 Å². The third kappa shape index (κ3) is 1.98. The summed E-state index contributed by atoms with van der Waals surface area (Å²) in [6.45, 7) is 0.794. The molecule has 2 fully saturated rings. The zero-order chi connectivity index (χ0) is 10.3. The first kappa shape index (κ1) is 9.87. The van der Waals surface area contributed by atoms with Crippen LogP contribution in [0.4, 0.5) is 0 Å². The molecule has 15 heavy (non-hydrogen) atoms. The SMILES string of the molecule is Brc1ccc(CNC2CC3CCC2O3)o1. The Bertz CT molecular complexity index is 352. The van der Waals surface area contributed by atoms with Gasteiger partial charge < -0.3 is 14.5 Å². The zero-order valence-corrected chi connectivity index (χ0v) is 10.00. The fraction of sp³-hybridized carbons (Fsp3) is 0.636. The van der Waals surface area contributed by atoms with Crippen LogP contribution in [-0.2, 0) is 11.3 Å². The van der Waals surface area contributed by atoms with Crippen molar-refractivity contribution in [3.05, 3.63) is 22.6 Å². The van der Waals surface area contributed by atoms with Crippen LogP contribution in [-0.4, -0.2) is 18.2 Å². The number of furan rings is 1. The minimum atomic E-state index is 0.438. The van der Waals surface area contributed by atoms with Gasteiger partial charge in [-0.3, -0.25) is 0 Å². The molecule has 2 saturated heterocycles. The van der Waals surface area contributed by atoms with Gasteiger partial charge in [-0.15, -0.1) is 0 Å². The first-order chi connectivity index (χ1) is 7.31. The highest BCUT2D eigenvalue weighted by atomic mass is 79.9. The van der Waals surface area contributed by atoms with Gasteiger partial charge in [0.2, 0.25) is 0 Å². The normalized spacial score (nSPS) is 33.8. The molecular weight excluding hydrogens is 258 g/mol. The van der Waals surface area contributed by atoms with Crippen molar-refractivity contribution in [1.29, 1.82) is 0 Å². The maximum atomic E-state index is 5.78. The lowest BCUT2D eigenvalue weighted by molar-refractivity contribution is 0.0970. The predicted octanol–water partition coefficient (Wildman–Crippen LogP) is 2.45. The molecule has 2 aliphatic rings. The predicted molar refractivity (Wildman–Crippen MR) is 59.5 cm³/mol. The van der Waals surface area contributed by atoms with Crippen LogP contribution in [0, 0.1) is 0 Å². The lowest BCUT2D eigenvalue weighted by Crippen LogP contribution is -2.36. The highest BCUT2D eigenvalue weighted by molar-refractivity contribution is 9.10. The fourth-order valence-corrected chi connectivity index (χ4v) is 2.87. The Balaban J connectivity index is 1.54. The summed E-state index contributed by atoms with van der Waals surface area (Å²) >= 11 is 3.30. The average molecular weight is 272 g/mol. The molecular formula is C11H14BrNO2. The third-order valence-corrected chi connectivity index (χ3v) is 3.70. The van der Waals surface area contributed by atoms with E-state index in [1.54, 1.807) is 0 Å². The van der Waals surface area contributed by atoms with Crippen LogP contribution in [0.3, 0.4) is 0 Å². The van der Waals surface area contributed by atoms with E-state index in [9.17, 15) is 0 Å². The molecule has 3 atom stereocenters. The third-order valence-electron chi connectivity index (χ3n) is 3.27. The second kappa shape index (κ2) is 3.92. The minimum Gasteiger partial charge on any atom is -0.453 e. The molecule has 3 rings (SSSR count). The van der Waals surface area contributed by atoms with Gasteiger partial charge in [0.05, 0.1) is 18.8 Å². The van der Waals surface area contributed by atoms with Crippen LogP contribution >= 0.6 is 15.9 Å². The highest BCUT2D eigenvalue weighted by Gasteiger charge is 2.40. The lowest BCUT2D eigenvalue weighted by atomic mass is 9.95. The number of ether oxygens (including phenoxy) is 1. The van der Waals surface area contributed by atoms with Crippen LogP contribution in [0.5, 0.6) is 0 Å². The second-order valence-electron chi connectivity index (χ2n) is 4.30. The van der Waals surface area contributed by atoms with E-state index in [0.717, 1.165) is 23.4 Å². The lowest BCUT2D eigenvalue weighted by Gasteiger charge is -2.19. The molecule has 4 heteroatoms. The number of rotatable bonds is 3. The smallest absolute Gasteiger partial charge is 0.169 e. The van der Waals surface area contributed by atoms with Gasteiger partial charge in [0.1, 0.15) is 5.76 Å². The van der Waals surface area contributed by atoms with Crippen molar-refractivity contribution in [2.75, 3.05) is 0 Å². The molecule has 3 nitrogen and oxygen atoms in total. The van der Waals surface area contributed by atoms with E-state index in [0.29, 0.717) is 18.2 Å². The Morgan fingerprint density at radius 2 is 2.33 bits per heavy atom. The van der Waals surface area contributed by atoms with Crippen LogP contribution in [0.1, 0.15) is 25.0 Å². The molecule has 0 saturated carbocycles. The second-order valence-corrected chi connectivity index (χ2v) is 5.08. The van der Waals surface area contributed by atoms with Crippen LogP contribution in [0.2, 0.25) is 0 Å². The molecule has 1 aromatic rings. The molecule has 82 valence electrons. The Hall–Kier alpha value is -0.320. The van der Waals surface area contributed by atoms with Crippen molar-refractivity contribution in [2.24, 2.45) is 0 Å². The molecule has 0 aliphatic carbocycles. The summed E-state index contributed by atoms with van der Waals surface area (Å²) in [7, 11) is 0. The Morgan fingerprint density at radius 3 is 2.93 bits per heavy atom. The molecule has 1 N–H and O–H groups in total. The monoisotopic (exact) mass is 271 g/mol. The molecule has 1 aromatic heterocycles. The van der Waals surface area contributed by atoms with E-state index in [2.05, 4.69) is 21.2 Å². The molecule has 3 unspecified atom stereocenters. The number of hydrogen-bond acceptors (Lipinski definition) is 3. The largest absolute Gasteiger partial charge is 0.453 e. The first-order valence-corrected chi connectivity index (χ1v) is 6.23. The van der Waals surface area contributed by atoms with Crippen molar-refractivity contribution >= 4 is 15.9 Å². The summed E-state index contributed by atoms with van der Waals surface area (Å²) in [5.41, 5.74) is 0. The van der Waals surface area contributed by atoms with Gasteiger partial charge in [-0.2, -0.15) is 0 Å². The van der Waals surface area contributed by atoms with Gasteiger partial charge in [-0.05, 0) is 47.3 Å². The van der Waals surface area contributed by atoms with Crippen LogP contribution in [0.15, 0.2) is 21.2 Å². The molecule has 2 bridgehead atoms. The van der Waals surface area contributed by atoms with Gasteiger partial charge in [0.15, 0.2) is 4.67 Å². The maximum Gasteiger partial charge on any atom is 0.169 e. The van der Waals surface area contributed by atoms with Gasteiger partial charge in [0, 0.05) is 6.04 Å². The van der Waals surface area contributed by atoms with Crippen molar-refractivity contribution in [2.45, 2.75) is 44.1 Å². The van der Waals surface area contributed by atoms with Gasteiger partial charge in [0.25, 0.3) is 0 Å². The first-order valence-electron chi connectivity index (χ1n) is 5.44. The summed E-state index contributed by atoms with van der Waals surface area (Å²) in [5, 5.41) is 3.50. The van der Waals surface area contributed by atoms with Crippen LogP contribution < -0.4 is 5.32 Å². The molecule has 0 amide bonds. The number of fused-ring (bicyclic) bond motifs is 2. The Labute approximate surface area is 97.3 Å². The molecule has 3 heterocycles. The molecule has 2 aliphatic heterocycles. The number of hydrogen-bond donors (Lipinski definition) is 1. The van der Waals surface area contributed by atoms with E-state index in [1.165, 1.54) is 12.8 Å². The summed E-state index contributed by atoms with van der Waals surface area (Å²) < 4.78 is 12.0. The molecule has 0 spiro atoms. The van der Waals surface area contributed by atoms with Crippen molar-refractivity contribution in [3.8, 4) is 0 Å². The Morgan fingerprint density at radius 1 is 1.40 bits per heavy atom. The van der Waals surface area contributed by atoms with Gasteiger partial charge in [-0.25, -0.2) is 0 Å². The Kier molecular flexibility index (Phi) is 2.58. The standard InChI is InChI=1S/C11H14BrNO2/c12-11-4-2-8(15-11)6-13-9-5-7-1-3-10(9)14-7/h2,4,7,9-10,13H,1,3,5-6H2. The van der Waals surface area contributed by atoms with Crippen LogP contribution in [0.25, 0.3) is 0 Å². The van der Waals surface area contributed by atoms with Crippen molar-refractivity contribution in [1.82, 2.24) is 5.32 Å². The summed E-state index contributed by atoms with van der Waals surface area (Å²) in [4.78, 5) is 0. The van der Waals surface area contributed by atoms with E-state index >= 15 is 0 Å². The molecule has 0 radical (unpaired) electrons. The van der Waals surface area contributed by atoms with E-state index < -0.39 is 0 Å². The summed E-state index contributed by atoms with van der Waals surface area (Å²) in [5.74, 6) is 0.977. The van der Waals surface area contributed by atoms with Gasteiger partial charge in [-0.1, -0.05) is 0 Å². The van der Waals surface area contributed by atoms with E-state index in [-0.39, 0.29) is 0 Å².